The highest BCUT2D eigenvalue weighted by Gasteiger charge is 2.21. The van der Waals surface area contributed by atoms with Crippen LogP contribution in [-0.4, -0.2) is 0 Å². The Kier molecular flexibility index (Phi) is 2.03. The van der Waals surface area contributed by atoms with Crippen LogP contribution in [0.1, 0.15) is 5.56 Å². The minimum atomic E-state index is -0.303. The van der Waals surface area contributed by atoms with Crippen LogP contribution in [0.4, 0.5) is 5.69 Å². The Morgan fingerprint density at radius 2 is 1.79 bits per heavy atom. The highest BCUT2D eigenvalue weighted by Crippen LogP contribution is 2.38. The number of para-hydroxylation sites is 1. The predicted octanol–water partition coefficient (Wildman–Crippen LogP) is 3.39. The van der Waals surface area contributed by atoms with Gasteiger partial charge in [0.15, 0.2) is 0 Å². The molecule has 92 valence electrons. The molecule has 0 unspecified atom stereocenters. The molecule has 3 heteroatoms. The van der Waals surface area contributed by atoms with Crippen LogP contribution in [-0.2, 0) is 6.54 Å². The summed E-state index contributed by atoms with van der Waals surface area (Å²) in [5.74, 6) is 0. The third-order valence-electron chi connectivity index (χ3n) is 3.56. The topological polar surface area (TPSA) is 42.2 Å². The Morgan fingerprint density at radius 3 is 2.74 bits per heavy atom. The van der Waals surface area contributed by atoms with Gasteiger partial charge >= 0.3 is 5.63 Å². The molecule has 0 fully saturated rings. The molecule has 0 amide bonds. The minimum absolute atomic E-state index is 0.303. The van der Waals surface area contributed by atoms with Gasteiger partial charge in [0.2, 0.25) is 0 Å². The van der Waals surface area contributed by atoms with E-state index in [0.29, 0.717) is 17.8 Å². The van der Waals surface area contributed by atoms with Crippen LogP contribution in [0.15, 0.2) is 57.7 Å². The molecular weight excluding hydrogens is 238 g/mol. The van der Waals surface area contributed by atoms with Crippen LogP contribution in [0.25, 0.3) is 22.1 Å². The van der Waals surface area contributed by atoms with Gasteiger partial charge < -0.3 is 9.73 Å². The van der Waals surface area contributed by atoms with E-state index in [9.17, 15) is 4.79 Å². The number of fused-ring (bicyclic) bond motifs is 5. The van der Waals surface area contributed by atoms with Gasteiger partial charge in [-0.25, -0.2) is 4.79 Å². The van der Waals surface area contributed by atoms with E-state index in [-0.39, 0.29) is 5.63 Å². The maximum atomic E-state index is 12.1. The summed E-state index contributed by atoms with van der Waals surface area (Å²) in [4.78, 5) is 12.1. The first-order chi connectivity index (χ1) is 9.34. The number of benzene rings is 2. The zero-order chi connectivity index (χ0) is 12.8. The van der Waals surface area contributed by atoms with Crippen LogP contribution >= 0.6 is 0 Å². The molecule has 0 aliphatic carbocycles. The molecule has 1 aromatic heterocycles. The van der Waals surface area contributed by atoms with Crippen molar-refractivity contribution in [2.75, 3.05) is 5.32 Å². The Hall–Kier alpha value is -2.55. The van der Waals surface area contributed by atoms with Crippen LogP contribution in [0.3, 0.4) is 0 Å². The largest absolute Gasteiger partial charge is 0.421 e. The van der Waals surface area contributed by atoms with Crippen LogP contribution in [0.2, 0.25) is 0 Å². The Bertz CT molecular complexity index is 849. The molecule has 0 atom stereocenters. The Balaban J connectivity index is 2.22. The summed E-state index contributed by atoms with van der Waals surface area (Å²) in [6.45, 7) is 0.659. The first-order valence-electron chi connectivity index (χ1n) is 6.22. The van der Waals surface area contributed by atoms with Crippen molar-refractivity contribution in [3.8, 4) is 11.1 Å². The average molecular weight is 249 g/mol. The second-order valence-corrected chi connectivity index (χ2v) is 4.65. The normalized spacial score (nSPS) is 12.6. The first kappa shape index (κ1) is 10.4. The number of rotatable bonds is 0. The smallest absolute Gasteiger partial charge is 0.360 e. The lowest BCUT2D eigenvalue weighted by Gasteiger charge is -2.21. The monoisotopic (exact) mass is 249 g/mol. The van der Waals surface area contributed by atoms with Crippen molar-refractivity contribution in [3.05, 3.63) is 64.5 Å². The van der Waals surface area contributed by atoms with Crippen molar-refractivity contribution in [2.45, 2.75) is 6.54 Å². The molecule has 1 aliphatic heterocycles. The standard InChI is InChI=1S/C16H11NO2/c18-16-15-14(12-7-3-4-8-13(12)19-16)11-6-2-1-5-10(11)9-17-15/h1-8,17H,9H2. The average Bonchev–Trinajstić information content (AvgIpc) is 2.47. The van der Waals surface area contributed by atoms with E-state index >= 15 is 0 Å². The summed E-state index contributed by atoms with van der Waals surface area (Å²) in [5.41, 5.74) is 4.16. The fourth-order valence-corrected chi connectivity index (χ4v) is 2.69. The molecular formula is C16H11NO2. The zero-order valence-corrected chi connectivity index (χ0v) is 10.1. The molecule has 0 saturated carbocycles. The van der Waals surface area contributed by atoms with E-state index in [4.69, 9.17) is 4.42 Å². The second kappa shape index (κ2) is 3.72. The Labute approximate surface area is 109 Å². The third-order valence-corrected chi connectivity index (χ3v) is 3.56. The van der Waals surface area contributed by atoms with Gasteiger partial charge in [0, 0.05) is 17.5 Å². The van der Waals surface area contributed by atoms with Gasteiger partial charge in [0.05, 0.1) is 0 Å². The van der Waals surface area contributed by atoms with Crippen molar-refractivity contribution >= 4 is 16.7 Å². The van der Waals surface area contributed by atoms with Crippen LogP contribution < -0.4 is 10.9 Å². The number of nitrogens with one attached hydrogen (secondary N) is 1. The fourth-order valence-electron chi connectivity index (χ4n) is 2.69. The molecule has 0 spiro atoms. The van der Waals surface area contributed by atoms with E-state index in [2.05, 4.69) is 17.4 Å². The highest BCUT2D eigenvalue weighted by atomic mass is 16.4. The molecule has 4 rings (SSSR count). The maximum Gasteiger partial charge on any atom is 0.360 e. The van der Waals surface area contributed by atoms with Gasteiger partial charge in [-0.2, -0.15) is 0 Å². The lowest BCUT2D eigenvalue weighted by atomic mass is 9.93. The molecule has 0 saturated heterocycles. The lowest BCUT2D eigenvalue weighted by molar-refractivity contribution is 0.563. The van der Waals surface area contributed by atoms with Crippen molar-refractivity contribution in [2.24, 2.45) is 0 Å². The summed E-state index contributed by atoms with van der Waals surface area (Å²) in [6, 6.07) is 15.8. The minimum Gasteiger partial charge on any atom is -0.421 e. The zero-order valence-electron chi connectivity index (χ0n) is 10.1. The van der Waals surface area contributed by atoms with Crippen molar-refractivity contribution in [3.63, 3.8) is 0 Å². The maximum absolute atomic E-state index is 12.1. The predicted molar refractivity (Wildman–Crippen MR) is 75.2 cm³/mol. The van der Waals surface area contributed by atoms with Gasteiger partial charge in [-0.15, -0.1) is 0 Å². The summed E-state index contributed by atoms with van der Waals surface area (Å²) in [6.07, 6.45) is 0. The molecule has 0 bridgehead atoms. The van der Waals surface area contributed by atoms with Crippen molar-refractivity contribution < 1.29 is 4.42 Å². The van der Waals surface area contributed by atoms with E-state index < -0.39 is 0 Å². The quantitative estimate of drug-likeness (QED) is 0.621. The van der Waals surface area contributed by atoms with Gasteiger partial charge in [-0.1, -0.05) is 42.5 Å². The first-order valence-corrected chi connectivity index (χ1v) is 6.22. The van der Waals surface area contributed by atoms with Crippen LogP contribution in [0, 0.1) is 0 Å². The van der Waals surface area contributed by atoms with Gasteiger partial charge in [-0.3, -0.25) is 0 Å². The summed E-state index contributed by atoms with van der Waals surface area (Å²) < 4.78 is 5.36. The molecule has 1 N–H and O–H groups in total. The van der Waals surface area contributed by atoms with E-state index in [1.165, 1.54) is 5.56 Å². The van der Waals surface area contributed by atoms with Gasteiger partial charge in [-0.05, 0) is 17.2 Å². The number of hydrogen-bond acceptors (Lipinski definition) is 3. The molecule has 3 nitrogen and oxygen atoms in total. The SMILES string of the molecule is O=c1oc2ccccc2c2c1NCc1ccccc1-2. The van der Waals surface area contributed by atoms with E-state index in [1.54, 1.807) is 0 Å². The van der Waals surface area contributed by atoms with Gasteiger partial charge in [0.25, 0.3) is 0 Å². The Morgan fingerprint density at radius 1 is 1.00 bits per heavy atom. The molecule has 2 aromatic carbocycles. The number of hydrogen-bond donors (Lipinski definition) is 1. The summed E-state index contributed by atoms with van der Waals surface area (Å²) in [5, 5.41) is 4.14. The molecule has 0 radical (unpaired) electrons. The fraction of sp³-hybridized carbons (Fsp3) is 0.0625. The van der Waals surface area contributed by atoms with Gasteiger partial charge in [0.1, 0.15) is 11.3 Å². The number of anilines is 1. The summed E-state index contributed by atoms with van der Waals surface area (Å²) >= 11 is 0. The third kappa shape index (κ3) is 1.41. The molecule has 3 aromatic rings. The second-order valence-electron chi connectivity index (χ2n) is 4.65. The lowest BCUT2D eigenvalue weighted by Crippen LogP contribution is -2.17. The highest BCUT2D eigenvalue weighted by molar-refractivity contribution is 6.01. The van der Waals surface area contributed by atoms with E-state index in [0.717, 1.165) is 16.5 Å². The van der Waals surface area contributed by atoms with E-state index in [1.807, 2.05) is 36.4 Å². The van der Waals surface area contributed by atoms with Crippen molar-refractivity contribution in [1.29, 1.82) is 0 Å². The molecule has 19 heavy (non-hydrogen) atoms. The molecule has 2 heterocycles. The van der Waals surface area contributed by atoms with Crippen molar-refractivity contribution in [1.82, 2.24) is 0 Å². The molecule has 1 aliphatic rings. The summed E-state index contributed by atoms with van der Waals surface area (Å²) in [7, 11) is 0. The van der Waals surface area contributed by atoms with Crippen LogP contribution in [0.5, 0.6) is 0 Å².